The minimum absolute atomic E-state index is 0.798. The first-order valence-corrected chi connectivity index (χ1v) is 7.19. The summed E-state index contributed by atoms with van der Waals surface area (Å²) in [5.41, 5.74) is 0. The zero-order valence-corrected chi connectivity index (χ0v) is 11.0. The number of hydrogen-bond donors (Lipinski definition) is 1. The van der Waals surface area contributed by atoms with Gasteiger partial charge in [-0.1, -0.05) is 19.8 Å². The second-order valence-corrected chi connectivity index (χ2v) is 5.94. The third-order valence-corrected chi connectivity index (χ3v) is 4.34. The Bertz CT molecular complexity index is 193. The molecule has 0 amide bonds. The van der Waals surface area contributed by atoms with Crippen molar-refractivity contribution in [2.45, 2.75) is 51.5 Å². The monoisotopic (exact) mass is 224 g/mol. The van der Waals surface area contributed by atoms with E-state index in [0.717, 1.165) is 17.9 Å². The van der Waals surface area contributed by atoms with Crippen molar-refractivity contribution in [3.8, 4) is 0 Å². The third-order valence-electron chi connectivity index (χ3n) is 4.34. The summed E-state index contributed by atoms with van der Waals surface area (Å²) < 4.78 is 0. The Labute approximate surface area is 101 Å². The smallest absolute Gasteiger partial charge is 0.00671 e. The molecule has 2 heteroatoms. The number of likely N-dealkylation sites (tertiary alicyclic amines) is 1. The molecular formula is C14H28N2. The topological polar surface area (TPSA) is 15.3 Å². The Hall–Kier alpha value is -0.0800. The Balaban J connectivity index is 1.60. The molecule has 0 aromatic heterocycles. The van der Waals surface area contributed by atoms with Crippen molar-refractivity contribution in [3.05, 3.63) is 0 Å². The van der Waals surface area contributed by atoms with E-state index in [1.54, 1.807) is 0 Å². The zero-order chi connectivity index (χ0) is 11.4. The third kappa shape index (κ3) is 4.06. The van der Waals surface area contributed by atoms with E-state index in [-0.39, 0.29) is 0 Å². The van der Waals surface area contributed by atoms with Crippen LogP contribution in [-0.2, 0) is 0 Å². The Morgan fingerprint density at radius 3 is 2.38 bits per heavy atom. The molecule has 0 radical (unpaired) electrons. The predicted octanol–water partition coefficient (Wildman–Crippen LogP) is 2.50. The number of rotatable bonds is 6. The fraction of sp³-hybridized carbons (Fsp3) is 1.00. The second-order valence-electron chi connectivity index (χ2n) is 5.94. The molecule has 0 bridgehead atoms. The van der Waals surface area contributed by atoms with Gasteiger partial charge in [-0.05, 0) is 64.2 Å². The van der Waals surface area contributed by atoms with Gasteiger partial charge in [0.25, 0.3) is 0 Å². The van der Waals surface area contributed by atoms with Crippen LogP contribution in [0, 0.1) is 11.8 Å². The Kier molecular flexibility index (Phi) is 4.66. The van der Waals surface area contributed by atoms with Gasteiger partial charge in [0.15, 0.2) is 0 Å². The summed E-state index contributed by atoms with van der Waals surface area (Å²) in [7, 11) is 2.24. The van der Waals surface area contributed by atoms with Gasteiger partial charge >= 0.3 is 0 Å². The van der Waals surface area contributed by atoms with Crippen LogP contribution in [0.4, 0.5) is 0 Å². The van der Waals surface area contributed by atoms with Crippen molar-refractivity contribution in [3.63, 3.8) is 0 Å². The van der Waals surface area contributed by atoms with Crippen molar-refractivity contribution >= 4 is 0 Å². The standard InChI is InChI=1S/C14H28N2/c1-3-14(10-12-4-5-12)15-11-13-6-8-16(2)9-7-13/h12-15H,3-11H2,1-2H3. The molecule has 1 heterocycles. The van der Waals surface area contributed by atoms with Crippen LogP contribution in [-0.4, -0.2) is 37.6 Å². The quantitative estimate of drug-likeness (QED) is 0.746. The first kappa shape index (κ1) is 12.4. The Morgan fingerprint density at radius 2 is 1.81 bits per heavy atom. The lowest BCUT2D eigenvalue weighted by Gasteiger charge is -2.30. The van der Waals surface area contributed by atoms with Crippen LogP contribution in [0.1, 0.15) is 45.4 Å². The molecule has 0 aromatic carbocycles. The lowest BCUT2D eigenvalue weighted by Crippen LogP contribution is -2.38. The largest absolute Gasteiger partial charge is 0.314 e. The van der Waals surface area contributed by atoms with Crippen LogP contribution in [0.15, 0.2) is 0 Å². The first-order chi connectivity index (χ1) is 7.78. The molecule has 1 unspecified atom stereocenters. The van der Waals surface area contributed by atoms with Gasteiger partial charge < -0.3 is 10.2 Å². The van der Waals surface area contributed by atoms with Crippen molar-refractivity contribution in [1.82, 2.24) is 10.2 Å². The molecule has 2 fully saturated rings. The molecule has 1 aliphatic heterocycles. The molecule has 1 atom stereocenters. The minimum atomic E-state index is 0.798. The highest BCUT2D eigenvalue weighted by molar-refractivity contribution is 4.81. The van der Waals surface area contributed by atoms with Crippen LogP contribution in [0.3, 0.4) is 0 Å². The molecule has 0 aromatic rings. The molecule has 2 nitrogen and oxygen atoms in total. The van der Waals surface area contributed by atoms with Crippen LogP contribution in [0.25, 0.3) is 0 Å². The average Bonchev–Trinajstić information content (AvgIpc) is 3.10. The van der Waals surface area contributed by atoms with Crippen LogP contribution in [0.2, 0.25) is 0 Å². The maximum atomic E-state index is 3.81. The summed E-state index contributed by atoms with van der Waals surface area (Å²) >= 11 is 0. The normalized spacial score (nSPS) is 25.9. The summed E-state index contributed by atoms with van der Waals surface area (Å²) in [6.07, 6.45) is 8.51. The highest BCUT2D eigenvalue weighted by Crippen LogP contribution is 2.34. The zero-order valence-electron chi connectivity index (χ0n) is 11.0. The van der Waals surface area contributed by atoms with E-state index in [4.69, 9.17) is 0 Å². The number of hydrogen-bond acceptors (Lipinski definition) is 2. The van der Waals surface area contributed by atoms with Crippen LogP contribution in [0.5, 0.6) is 0 Å². The average molecular weight is 224 g/mol. The molecule has 16 heavy (non-hydrogen) atoms. The highest BCUT2D eigenvalue weighted by atomic mass is 15.1. The predicted molar refractivity (Wildman–Crippen MR) is 69.6 cm³/mol. The van der Waals surface area contributed by atoms with Gasteiger partial charge in [-0.15, -0.1) is 0 Å². The van der Waals surface area contributed by atoms with E-state index in [0.29, 0.717) is 0 Å². The van der Waals surface area contributed by atoms with E-state index < -0.39 is 0 Å². The van der Waals surface area contributed by atoms with Gasteiger partial charge in [-0.2, -0.15) is 0 Å². The van der Waals surface area contributed by atoms with Gasteiger partial charge in [0.2, 0.25) is 0 Å². The SMILES string of the molecule is CCC(CC1CC1)NCC1CCN(C)CC1. The summed E-state index contributed by atoms with van der Waals surface area (Å²) in [6, 6.07) is 0.798. The van der Waals surface area contributed by atoms with Gasteiger partial charge in [0.1, 0.15) is 0 Å². The van der Waals surface area contributed by atoms with E-state index in [9.17, 15) is 0 Å². The van der Waals surface area contributed by atoms with Crippen molar-refractivity contribution in [1.29, 1.82) is 0 Å². The molecule has 2 rings (SSSR count). The van der Waals surface area contributed by atoms with Crippen LogP contribution < -0.4 is 5.32 Å². The maximum absolute atomic E-state index is 3.81. The second kappa shape index (κ2) is 6.02. The summed E-state index contributed by atoms with van der Waals surface area (Å²) in [5.74, 6) is 2.00. The molecule has 94 valence electrons. The van der Waals surface area contributed by atoms with Crippen molar-refractivity contribution in [2.24, 2.45) is 11.8 Å². The van der Waals surface area contributed by atoms with Crippen molar-refractivity contribution < 1.29 is 0 Å². The van der Waals surface area contributed by atoms with E-state index in [2.05, 4.69) is 24.2 Å². The lowest BCUT2D eigenvalue weighted by molar-refractivity contribution is 0.211. The molecule has 1 saturated heterocycles. The number of nitrogens with one attached hydrogen (secondary N) is 1. The molecule has 1 saturated carbocycles. The number of piperidine rings is 1. The van der Waals surface area contributed by atoms with Gasteiger partial charge in [-0.25, -0.2) is 0 Å². The molecule has 0 spiro atoms. The van der Waals surface area contributed by atoms with Crippen molar-refractivity contribution in [2.75, 3.05) is 26.7 Å². The summed E-state index contributed by atoms with van der Waals surface area (Å²) in [4.78, 5) is 2.46. The Morgan fingerprint density at radius 1 is 1.12 bits per heavy atom. The summed E-state index contributed by atoms with van der Waals surface area (Å²) in [6.45, 7) is 6.19. The fourth-order valence-electron chi connectivity index (χ4n) is 2.75. The summed E-state index contributed by atoms with van der Waals surface area (Å²) in [5, 5.41) is 3.81. The van der Waals surface area contributed by atoms with E-state index >= 15 is 0 Å². The van der Waals surface area contributed by atoms with Gasteiger partial charge in [-0.3, -0.25) is 0 Å². The van der Waals surface area contributed by atoms with Gasteiger partial charge in [0, 0.05) is 6.04 Å². The lowest BCUT2D eigenvalue weighted by atomic mass is 9.96. The maximum Gasteiger partial charge on any atom is 0.00671 e. The number of nitrogens with zero attached hydrogens (tertiary/aromatic N) is 1. The molecular weight excluding hydrogens is 196 g/mol. The first-order valence-electron chi connectivity index (χ1n) is 7.19. The molecule has 1 aliphatic carbocycles. The highest BCUT2D eigenvalue weighted by Gasteiger charge is 2.25. The molecule has 1 N–H and O–H groups in total. The fourth-order valence-corrected chi connectivity index (χ4v) is 2.75. The van der Waals surface area contributed by atoms with Crippen LogP contribution >= 0.6 is 0 Å². The van der Waals surface area contributed by atoms with Gasteiger partial charge in [0.05, 0.1) is 0 Å². The molecule has 2 aliphatic rings. The minimum Gasteiger partial charge on any atom is -0.314 e. The van der Waals surface area contributed by atoms with E-state index in [1.165, 1.54) is 58.2 Å². The van der Waals surface area contributed by atoms with E-state index in [1.807, 2.05) is 0 Å².